The smallest absolute Gasteiger partial charge is 0.236 e. The second-order valence-electron chi connectivity index (χ2n) is 4.60. The molecule has 0 aromatic heterocycles. The summed E-state index contributed by atoms with van der Waals surface area (Å²) in [6.45, 7) is 8.76. The number of hydrogen-bond donors (Lipinski definition) is 3. The number of carbonyl (C=O) groups is 1. The Bertz CT molecular complexity index is 205. The molecule has 0 spiro atoms. The fraction of sp³-hybridized carbons (Fsp3) is 0.917. The summed E-state index contributed by atoms with van der Waals surface area (Å²) in [7, 11) is 0. The molecule has 4 nitrogen and oxygen atoms in total. The fourth-order valence-corrected chi connectivity index (χ4v) is 1.13. The maximum atomic E-state index is 11.6. The Kier molecular flexibility index (Phi) is 7.34. The molecular formula is C12H26N2O2. The van der Waals surface area contributed by atoms with Gasteiger partial charge in [0.1, 0.15) is 0 Å². The predicted octanol–water partition coefficient (Wildman–Crippen LogP) is 1.04. The van der Waals surface area contributed by atoms with E-state index in [0.29, 0.717) is 13.0 Å². The zero-order valence-corrected chi connectivity index (χ0v) is 11.0. The van der Waals surface area contributed by atoms with Crippen LogP contribution in [0.15, 0.2) is 0 Å². The van der Waals surface area contributed by atoms with Crippen molar-refractivity contribution < 1.29 is 9.90 Å². The molecule has 0 aromatic rings. The van der Waals surface area contributed by atoms with Crippen LogP contribution in [0.5, 0.6) is 0 Å². The lowest BCUT2D eigenvalue weighted by Gasteiger charge is -2.24. The van der Waals surface area contributed by atoms with Crippen molar-refractivity contribution in [3.8, 4) is 0 Å². The Morgan fingerprint density at radius 2 is 2.06 bits per heavy atom. The molecule has 0 heterocycles. The van der Waals surface area contributed by atoms with Gasteiger partial charge in [-0.25, -0.2) is 0 Å². The molecule has 4 heteroatoms. The lowest BCUT2D eigenvalue weighted by molar-refractivity contribution is -0.123. The molecule has 0 aliphatic rings. The SMILES string of the molecule is CCCCNC(=O)C(C)NCC(C)(O)CC. The Hall–Kier alpha value is -0.610. The normalized spacial score (nSPS) is 16.6. The highest BCUT2D eigenvalue weighted by Gasteiger charge is 2.20. The number of nitrogens with one attached hydrogen (secondary N) is 2. The summed E-state index contributed by atoms with van der Waals surface area (Å²) < 4.78 is 0. The van der Waals surface area contributed by atoms with Crippen LogP contribution in [0.25, 0.3) is 0 Å². The Balaban J connectivity index is 3.79. The Morgan fingerprint density at radius 3 is 2.56 bits per heavy atom. The van der Waals surface area contributed by atoms with Crippen molar-refractivity contribution >= 4 is 5.91 Å². The van der Waals surface area contributed by atoms with Gasteiger partial charge in [0, 0.05) is 13.1 Å². The van der Waals surface area contributed by atoms with Crippen molar-refractivity contribution in [2.75, 3.05) is 13.1 Å². The van der Waals surface area contributed by atoms with Gasteiger partial charge >= 0.3 is 0 Å². The maximum absolute atomic E-state index is 11.6. The predicted molar refractivity (Wildman–Crippen MR) is 66.3 cm³/mol. The number of unbranched alkanes of at least 4 members (excludes halogenated alkanes) is 1. The molecule has 16 heavy (non-hydrogen) atoms. The average molecular weight is 230 g/mol. The molecule has 0 saturated heterocycles. The first-order valence-electron chi connectivity index (χ1n) is 6.16. The van der Waals surface area contributed by atoms with Crippen molar-refractivity contribution in [3.63, 3.8) is 0 Å². The summed E-state index contributed by atoms with van der Waals surface area (Å²) in [5, 5.41) is 15.7. The third-order valence-corrected chi connectivity index (χ3v) is 2.77. The first kappa shape index (κ1) is 15.4. The van der Waals surface area contributed by atoms with E-state index in [1.807, 2.05) is 13.8 Å². The second kappa shape index (κ2) is 7.63. The van der Waals surface area contributed by atoms with Crippen LogP contribution in [-0.4, -0.2) is 35.7 Å². The molecule has 0 aliphatic heterocycles. The summed E-state index contributed by atoms with van der Waals surface area (Å²) in [5.41, 5.74) is -0.738. The molecule has 2 unspecified atom stereocenters. The van der Waals surface area contributed by atoms with E-state index >= 15 is 0 Å². The van der Waals surface area contributed by atoms with Gasteiger partial charge in [-0.05, 0) is 26.7 Å². The van der Waals surface area contributed by atoms with Gasteiger partial charge in [-0.1, -0.05) is 20.3 Å². The molecule has 3 N–H and O–H groups in total. The largest absolute Gasteiger partial charge is 0.389 e. The molecule has 0 aliphatic carbocycles. The molecule has 0 rings (SSSR count). The van der Waals surface area contributed by atoms with E-state index in [9.17, 15) is 9.90 Å². The highest BCUT2D eigenvalue weighted by Crippen LogP contribution is 2.06. The average Bonchev–Trinajstić information content (AvgIpc) is 2.26. The van der Waals surface area contributed by atoms with Gasteiger partial charge in [-0.2, -0.15) is 0 Å². The summed E-state index contributed by atoms with van der Waals surface area (Å²) in [4.78, 5) is 11.6. The maximum Gasteiger partial charge on any atom is 0.236 e. The van der Waals surface area contributed by atoms with Gasteiger partial charge in [0.25, 0.3) is 0 Å². The van der Waals surface area contributed by atoms with Crippen LogP contribution in [0.3, 0.4) is 0 Å². The monoisotopic (exact) mass is 230 g/mol. The number of carbonyl (C=O) groups excluding carboxylic acids is 1. The summed E-state index contributed by atoms with van der Waals surface area (Å²) in [6.07, 6.45) is 2.75. The van der Waals surface area contributed by atoms with Crippen molar-refractivity contribution in [3.05, 3.63) is 0 Å². The standard InChI is InChI=1S/C12H26N2O2/c1-5-7-8-13-11(15)10(3)14-9-12(4,16)6-2/h10,14,16H,5-9H2,1-4H3,(H,13,15). The molecule has 96 valence electrons. The second-order valence-corrected chi connectivity index (χ2v) is 4.60. The van der Waals surface area contributed by atoms with Crippen molar-refractivity contribution in [1.82, 2.24) is 10.6 Å². The van der Waals surface area contributed by atoms with Gasteiger partial charge in [-0.3, -0.25) is 4.79 Å². The van der Waals surface area contributed by atoms with Crippen LogP contribution in [0, 0.1) is 0 Å². The van der Waals surface area contributed by atoms with E-state index in [1.54, 1.807) is 6.92 Å². The quantitative estimate of drug-likeness (QED) is 0.546. The minimum absolute atomic E-state index is 0.000327. The minimum Gasteiger partial charge on any atom is -0.389 e. The molecule has 0 bridgehead atoms. The first-order valence-corrected chi connectivity index (χ1v) is 6.16. The fourth-order valence-electron chi connectivity index (χ4n) is 1.13. The minimum atomic E-state index is -0.738. The lowest BCUT2D eigenvalue weighted by atomic mass is 10.0. The number of amides is 1. The highest BCUT2D eigenvalue weighted by molar-refractivity contribution is 5.81. The van der Waals surface area contributed by atoms with Crippen molar-refractivity contribution in [2.45, 2.75) is 58.6 Å². The van der Waals surface area contributed by atoms with Crippen LogP contribution in [0.1, 0.15) is 47.0 Å². The zero-order chi connectivity index (χ0) is 12.6. The van der Waals surface area contributed by atoms with Crippen molar-refractivity contribution in [1.29, 1.82) is 0 Å². The zero-order valence-electron chi connectivity index (χ0n) is 11.0. The molecule has 0 fully saturated rings. The number of rotatable bonds is 8. The van der Waals surface area contributed by atoms with E-state index in [1.165, 1.54) is 0 Å². The van der Waals surface area contributed by atoms with Gasteiger partial charge in [0.05, 0.1) is 11.6 Å². The van der Waals surface area contributed by atoms with Crippen LogP contribution in [0.2, 0.25) is 0 Å². The molecule has 1 amide bonds. The number of hydrogen-bond acceptors (Lipinski definition) is 3. The Morgan fingerprint density at radius 1 is 1.44 bits per heavy atom. The van der Waals surface area contributed by atoms with E-state index in [2.05, 4.69) is 17.6 Å². The van der Waals surface area contributed by atoms with Crippen LogP contribution < -0.4 is 10.6 Å². The van der Waals surface area contributed by atoms with Crippen LogP contribution >= 0.6 is 0 Å². The molecule has 0 aromatic carbocycles. The van der Waals surface area contributed by atoms with Crippen LogP contribution in [0.4, 0.5) is 0 Å². The molecule has 0 radical (unpaired) electrons. The van der Waals surface area contributed by atoms with Gasteiger partial charge in [0.2, 0.25) is 5.91 Å². The summed E-state index contributed by atoms with van der Waals surface area (Å²) in [5.74, 6) is 0.000327. The van der Waals surface area contributed by atoms with E-state index in [4.69, 9.17) is 0 Å². The van der Waals surface area contributed by atoms with Gasteiger partial charge < -0.3 is 15.7 Å². The van der Waals surface area contributed by atoms with E-state index < -0.39 is 5.60 Å². The van der Waals surface area contributed by atoms with Crippen LogP contribution in [-0.2, 0) is 4.79 Å². The number of aliphatic hydroxyl groups is 1. The third-order valence-electron chi connectivity index (χ3n) is 2.77. The van der Waals surface area contributed by atoms with E-state index in [0.717, 1.165) is 19.4 Å². The lowest BCUT2D eigenvalue weighted by Crippen LogP contribution is -2.48. The van der Waals surface area contributed by atoms with Crippen molar-refractivity contribution in [2.24, 2.45) is 0 Å². The molecule has 0 saturated carbocycles. The third kappa shape index (κ3) is 6.80. The van der Waals surface area contributed by atoms with Gasteiger partial charge in [-0.15, -0.1) is 0 Å². The summed E-state index contributed by atoms with van der Waals surface area (Å²) >= 11 is 0. The van der Waals surface area contributed by atoms with E-state index in [-0.39, 0.29) is 11.9 Å². The Labute approximate surface area is 98.8 Å². The molecular weight excluding hydrogens is 204 g/mol. The highest BCUT2D eigenvalue weighted by atomic mass is 16.3. The first-order chi connectivity index (χ1) is 7.43. The molecule has 2 atom stereocenters. The van der Waals surface area contributed by atoms with Gasteiger partial charge in [0.15, 0.2) is 0 Å². The topological polar surface area (TPSA) is 61.4 Å². The summed E-state index contributed by atoms with van der Waals surface area (Å²) in [6, 6.07) is -0.255.